The van der Waals surface area contributed by atoms with Crippen LogP contribution >= 0.6 is 8.58 Å². The van der Waals surface area contributed by atoms with Crippen molar-refractivity contribution in [1.29, 1.82) is 0 Å². The van der Waals surface area contributed by atoms with Gasteiger partial charge in [-0.3, -0.25) is 0 Å². The van der Waals surface area contributed by atoms with E-state index in [1.807, 2.05) is 0 Å². The average molecular weight is 329 g/mol. The Morgan fingerprint density at radius 2 is 0.636 bits per heavy atom. The number of rotatable bonds is 19. The van der Waals surface area contributed by atoms with Gasteiger partial charge in [0.15, 0.2) is 0 Å². The van der Waals surface area contributed by atoms with Crippen LogP contribution in [-0.4, -0.2) is 12.3 Å². The first kappa shape index (κ1) is 22.4. The van der Waals surface area contributed by atoms with Gasteiger partial charge in [-0.15, -0.1) is 8.58 Å². The van der Waals surface area contributed by atoms with Crippen LogP contribution in [-0.2, 0) is 0 Å². The van der Waals surface area contributed by atoms with E-state index >= 15 is 0 Å². The summed E-state index contributed by atoms with van der Waals surface area (Å²) in [5.74, 6) is 0. The van der Waals surface area contributed by atoms with Gasteiger partial charge in [-0.05, 0) is 25.2 Å². The van der Waals surface area contributed by atoms with Gasteiger partial charge in [0.25, 0.3) is 0 Å². The molecule has 1 unspecified atom stereocenters. The van der Waals surface area contributed by atoms with E-state index in [0.717, 1.165) is 0 Å². The summed E-state index contributed by atoms with van der Waals surface area (Å²) in [5.41, 5.74) is 0. The fourth-order valence-corrected chi connectivity index (χ4v) is 4.32. The second-order valence-corrected chi connectivity index (χ2v) is 8.55. The maximum atomic E-state index is 2.30. The molecule has 0 nitrogen and oxygen atoms in total. The molecule has 22 heavy (non-hydrogen) atoms. The molecule has 134 valence electrons. The number of unbranched alkanes of at least 4 members (excludes halogenated alkanes) is 15. The third-order valence-electron chi connectivity index (χ3n) is 4.66. The van der Waals surface area contributed by atoms with Crippen LogP contribution in [0.3, 0.4) is 0 Å². The van der Waals surface area contributed by atoms with Crippen molar-refractivity contribution in [1.82, 2.24) is 0 Å². The molecule has 0 aliphatic rings. The maximum Gasteiger partial charge on any atom is -0.0353 e. The fourth-order valence-electron chi connectivity index (χ4n) is 3.07. The molecule has 0 amide bonds. The number of hydrogen-bond donors (Lipinski definition) is 0. The summed E-state index contributed by atoms with van der Waals surface area (Å²) in [4.78, 5) is 0. The molecule has 0 aromatic heterocycles. The Balaban J connectivity index is 2.91. The molecule has 0 rings (SSSR count). The monoisotopic (exact) mass is 328 g/mol. The van der Waals surface area contributed by atoms with E-state index < -0.39 is 0 Å². The molecule has 0 heterocycles. The van der Waals surface area contributed by atoms with Gasteiger partial charge in [0.05, 0.1) is 0 Å². The minimum Gasteiger partial charge on any atom is -0.122 e. The Labute approximate surface area is 144 Å². The molecule has 0 saturated heterocycles. The van der Waals surface area contributed by atoms with Gasteiger partial charge >= 0.3 is 0 Å². The standard InChI is InChI=1S/C21H45P/c1-3-5-7-9-11-12-13-15-17-19-21-22-20-18-16-14-10-8-6-4-2/h22H,3-21H2,1-2H3. The summed E-state index contributed by atoms with van der Waals surface area (Å²) < 4.78 is 0. The van der Waals surface area contributed by atoms with Crippen LogP contribution in [0.4, 0.5) is 0 Å². The van der Waals surface area contributed by atoms with Crippen molar-refractivity contribution in [2.24, 2.45) is 0 Å². The summed E-state index contributed by atoms with van der Waals surface area (Å²) in [6.07, 6.45) is 28.0. The van der Waals surface area contributed by atoms with Crippen molar-refractivity contribution in [3.05, 3.63) is 0 Å². The second-order valence-electron chi connectivity index (χ2n) is 7.05. The lowest BCUT2D eigenvalue weighted by Crippen LogP contribution is -1.85. The third kappa shape index (κ3) is 20.4. The Kier molecular flexibility index (Phi) is 21.8. The number of hydrogen-bond acceptors (Lipinski definition) is 0. The molecule has 0 fully saturated rings. The molecule has 0 N–H and O–H groups in total. The molecule has 0 spiro atoms. The first-order valence-corrected chi connectivity index (χ1v) is 12.0. The van der Waals surface area contributed by atoms with E-state index in [0.29, 0.717) is 0 Å². The first-order valence-electron chi connectivity index (χ1n) is 10.6. The highest BCUT2D eigenvalue weighted by molar-refractivity contribution is 7.37. The summed E-state index contributed by atoms with van der Waals surface area (Å²) in [6.45, 7) is 4.60. The molecule has 0 aromatic rings. The van der Waals surface area contributed by atoms with Crippen LogP contribution < -0.4 is 0 Å². The van der Waals surface area contributed by atoms with Crippen LogP contribution in [0, 0.1) is 0 Å². The van der Waals surface area contributed by atoms with Crippen molar-refractivity contribution in [2.75, 3.05) is 12.3 Å². The van der Waals surface area contributed by atoms with Gasteiger partial charge in [-0.2, -0.15) is 0 Å². The largest absolute Gasteiger partial charge is 0.122 e. The van der Waals surface area contributed by atoms with Crippen LogP contribution in [0.5, 0.6) is 0 Å². The van der Waals surface area contributed by atoms with Crippen molar-refractivity contribution < 1.29 is 0 Å². The van der Waals surface area contributed by atoms with Crippen LogP contribution in [0.2, 0.25) is 0 Å². The van der Waals surface area contributed by atoms with Gasteiger partial charge < -0.3 is 0 Å². The first-order chi connectivity index (χ1) is 10.9. The van der Waals surface area contributed by atoms with Gasteiger partial charge in [0.2, 0.25) is 0 Å². The van der Waals surface area contributed by atoms with Crippen LogP contribution in [0.15, 0.2) is 0 Å². The van der Waals surface area contributed by atoms with Gasteiger partial charge in [0, 0.05) is 0 Å². The molecule has 1 heteroatoms. The zero-order valence-electron chi connectivity index (χ0n) is 15.9. The molecule has 0 bridgehead atoms. The summed E-state index contributed by atoms with van der Waals surface area (Å²) in [5, 5.41) is 0. The Morgan fingerprint density at radius 3 is 0.955 bits per heavy atom. The molecule has 0 saturated carbocycles. The topological polar surface area (TPSA) is 0 Å². The normalized spacial score (nSPS) is 11.7. The molecular formula is C21H45P. The molecule has 1 atom stereocenters. The van der Waals surface area contributed by atoms with E-state index in [1.54, 1.807) is 0 Å². The van der Waals surface area contributed by atoms with Crippen LogP contribution in [0.1, 0.15) is 123 Å². The predicted molar refractivity (Wildman–Crippen MR) is 108 cm³/mol. The minimum absolute atomic E-state index is 1.26. The van der Waals surface area contributed by atoms with Gasteiger partial charge in [-0.25, -0.2) is 0 Å². The molecule has 0 aliphatic heterocycles. The predicted octanol–water partition coefficient (Wildman–Crippen LogP) is 8.34. The van der Waals surface area contributed by atoms with E-state index in [-0.39, 0.29) is 0 Å². The van der Waals surface area contributed by atoms with Crippen molar-refractivity contribution >= 4 is 8.58 Å². The fraction of sp³-hybridized carbons (Fsp3) is 1.00. The molecule has 0 aliphatic carbocycles. The van der Waals surface area contributed by atoms with Gasteiger partial charge in [0.1, 0.15) is 0 Å². The highest BCUT2D eigenvalue weighted by atomic mass is 31.1. The zero-order chi connectivity index (χ0) is 16.1. The van der Waals surface area contributed by atoms with E-state index in [2.05, 4.69) is 13.8 Å². The third-order valence-corrected chi connectivity index (χ3v) is 6.08. The minimum atomic E-state index is 1.26. The summed E-state index contributed by atoms with van der Waals surface area (Å²) >= 11 is 0. The van der Waals surface area contributed by atoms with Gasteiger partial charge in [-0.1, -0.05) is 110 Å². The molecular weight excluding hydrogens is 283 g/mol. The highest BCUT2D eigenvalue weighted by Crippen LogP contribution is 2.18. The van der Waals surface area contributed by atoms with E-state index in [4.69, 9.17) is 0 Å². The second kappa shape index (κ2) is 21.4. The SMILES string of the molecule is CCCCCCCCCCCCPCCCCCCCCC. The molecule has 0 radical (unpaired) electrons. The lowest BCUT2D eigenvalue weighted by molar-refractivity contribution is 0.563. The van der Waals surface area contributed by atoms with E-state index in [9.17, 15) is 0 Å². The van der Waals surface area contributed by atoms with Crippen molar-refractivity contribution in [3.63, 3.8) is 0 Å². The van der Waals surface area contributed by atoms with Crippen molar-refractivity contribution in [3.8, 4) is 0 Å². The Morgan fingerprint density at radius 1 is 0.364 bits per heavy atom. The average Bonchev–Trinajstić information content (AvgIpc) is 2.54. The van der Waals surface area contributed by atoms with Crippen LogP contribution in [0.25, 0.3) is 0 Å². The maximum absolute atomic E-state index is 2.30. The smallest absolute Gasteiger partial charge is 0.0353 e. The lowest BCUT2D eigenvalue weighted by atomic mass is 10.1. The quantitative estimate of drug-likeness (QED) is 0.165. The lowest BCUT2D eigenvalue weighted by Gasteiger charge is -2.04. The summed E-state index contributed by atoms with van der Waals surface area (Å²) in [6, 6.07) is 0. The highest BCUT2D eigenvalue weighted by Gasteiger charge is 1.94. The Bertz CT molecular complexity index is 159. The van der Waals surface area contributed by atoms with E-state index in [1.165, 1.54) is 130 Å². The Hall–Kier alpha value is 0.430. The summed E-state index contributed by atoms with van der Waals surface area (Å²) in [7, 11) is 1.26. The molecule has 0 aromatic carbocycles. The zero-order valence-corrected chi connectivity index (χ0v) is 16.9. The van der Waals surface area contributed by atoms with Crippen molar-refractivity contribution in [2.45, 2.75) is 123 Å².